The van der Waals surface area contributed by atoms with Gasteiger partial charge in [0, 0.05) is 18.6 Å². The van der Waals surface area contributed by atoms with Gasteiger partial charge in [-0.1, -0.05) is 6.42 Å². The number of hydrogen-bond acceptors (Lipinski definition) is 3. The summed E-state index contributed by atoms with van der Waals surface area (Å²) >= 11 is 0. The molecule has 106 valence electrons. The van der Waals surface area contributed by atoms with Crippen molar-refractivity contribution in [2.24, 2.45) is 0 Å². The van der Waals surface area contributed by atoms with Crippen molar-refractivity contribution < 1.29 is 0 Å². The maximum absolute atomic E-state index is 3.60. The van der Waals surface area contributed by atoms with Gasteiger partial charge in [-0.3, -0.25) is 4.90 Å². The maximum Gasteiger partial charge on any atom is 0.0223 e. The predicted octanol–water partition coefficient (Wildman–Crippen LogP) is 1.93. The van der Waals surface area contributed by atoms with E-state index in [0.717, 1.165) is 12.1 Å². The van der Waals surface area contributed by atoms with Gasteiger partial charge in [-0.15, -0.1) is 0 Å². The summed E-state index contributed by atoms with van der Waals surface area (Å²) in [6.45, 7) is 5.13. The summed E-state index contributed by atoms with van der Waals surface area (Å²) in [5.74, 6) is 0. The summed E-state index contributed by atoms with van der Waals surface area (Å²) in [4.78, 5) is 5.05. The normalized spacial score (nSPS) is 25.2. The van der Waals surface area contributed by atoms with E-state index >= 15 is 0 Å². The molecule has 1 atom stereocenters. The van der Waals surface area contributed by atoms with Crippen LogP contribution in [0.1, 0.15) is 44.9 Å². The third-order valence-corrected chi connectivity index (χ3v) is 4.21. The minimum Gasteiger partial charge on any atom is -0.314 e. The lowest BCUT2D eigenvalue weighted by Crippen LogP contribution is -2.38. The first-order valence-corrected chi connectivity index (χ1v) is 7.88. The van der Waals surface area contributed by atoms with Crippen LogP contribution < -0.4 is 5.32 Å². The molecule has 1 aliphatic heterocycles. The van der Waals surface area contributed by atoms with Crippen molar-refractivity contribution in [1.82, 2.24) is 15.1 Å². The fraction of sp³-hybridized carbons (Fsp3) is 1.00. The first-order valence-electron chi connectivity index (χ1n) is 7.88. The van der Waals surface area contributed by atoms with E-state index in [4.69, 9.17) is 0 Å². The zero-order valence-electron chi connectivity index (χ0n) is 12.3. The van der Waals surface area contributed by atoms with Crippen LogP contribution in [0.25, 0.3) is 0 Å². The van der Waals surface area contributed by atoms with Gasteiger partial charge in [-0.2, -0.15) is 0 Å². The highest BCUT2D eigenvalue weighted by atomic mass is 15.2. The van der Waals surface area contributed by atoms with E-state index in [1.165, 1.54) is 71.1 Å². The highest BCUT2D eigenvalue weighted by Gasteiger charge is 2.24. The molecule has 2 fully saturated rings. The van der Waals surface area contributed by atoms with Gasteiger partial charge < -0.3 is 10.2 Å². The minimum atomic E-state index is 0.824. The molecule has 0 aromatic carbocycles. The SMILES string of the molecule is CN(C)CC1CCCN1CCCCCNC1CC1. The Morgan fingerprint density at radius 3 is 2.67 bits per heavy atom. The molecule has 0 radical (unpaired) electrons. The summed E-state index contributed by atoms with van der Waals surface area (Å²) in [5.41, 5.74) is 0. The third kappa shape index (κ3) is 5.25. The molecule has 1 N–H and O–H groups in total. The molecule has 1 saturated carbocycles. The van der Waals surface area contributed by atoms with Crippen molar-refractivity contribution in [3.63, 3.8) is 0 Å². The van der Waals surface area contributed by atoms with Gasteiger partial charge in [0.1, 0.15) is 0 Å². The zero-order valence-corrected chi connectivity index (χ0v) is 12.3. The van der Waals surface area contributed by atoms with Crippen molar-refractivity contribution in [3.05, 3.63) is 0 Å². The van der Waals surface area contributed by atoms with E-state index in [1.54, 1.807) is 0 Å². The Kier molecular flexibility index (Phi) is 5.93. The Morgan fingerprint density at radius 2 is 1.94 bits per heavy atom. The van der Waals surface area contributed by atoms with Crippen LogP contribution in [0.4, 0.5) is 0 Å². The number of likely N-dealkylation sites (tertiary alicyclic amines) is 1. The molecule has 18 heavy (non-hydrogen) atoms. The van der Waals surface area contributed by atoms with Crippen LogP contribution in [0, 0.1) is 0 Å². The lowest BCUT2D eigenvalue weighted by atomic mass is 10.2. The van der Waals surface area contributed by atoms with Gasteiger partial charge in [0.2, 0.25) is 0 Å². The third-order valence-electron chi connectivity index (χ3n) is 4.21. The van der Waals surface area contributed by atoms with Crippen molar-refractivity contribution in [3.8, 4) is 0 Å². The van der Waals surface area contributed by atoms with Crippen LogP contribution in [0.2, 0.25) is 0 Å². The number of hydrogen-bond donors (Lipinski definition) is 1. The summed E-state index contributed by atoms with van der Waals surface area (Å²) < 4.78 is 0. The van der Waals surface area contributed by atoms with Crippen molar-refractivity contribution in [2.45, 2.75) is 57.0 Å². The lowest BCUT2D eigenvalue weighted by molar-refractivity contribution is 0.204. The van der Waals surface area contributed by atoms with Gasteiger partial charge in [0.25, 0.3) is 0 Å². The molecular weight excluding hydrogens is 222 g/mol. The van der Waals surface area contributed by atoms with Crippen LogP contribution in [0.5, 0.6) is 0 Å². The summed E-state index contributed by atoms with van der Waals surface area (Å²) in [5, 5.41) is 3.60. The molecule has 3 heteroatoms. The lowest BCUT2D eigenvalue weighted by Gasteiger charge is -2.26. The van der Waals surface area contributed by atoms with Gasteiger partial charge in [0.15, 0.2) is 0 Å². The smallest absolute Gasteiger partial charge is 0.0223 e. The van der Waals surface area contributed by atoms with Crippen LogP contribution >= 0.6 is 0 Å². The number of unbranched alkanes of at least 4 members (excludes halogenated alkanes) is 2. The molecule has 1 aliphatic carbocycles. The van der Waals surface area contributed by atoms with Crippen LogP contribution in [0.3, 0.4) is 0 Å². The average molecular weight is 253 g/mol. The first kappa shape index (κ1) is 14.3. The van der Waals surface area contributed by atoms with Crippen molar-refractivity contribution in [1.29, 1.82) is 0 Å². The van der Waals surface area contributed by atoms with E-state index in [9.17, 15) is 0 Å². The van der Waals surface area contributed by atoms with Gasteiger partial charge in [0.05, 0.1) is 0 Å². The summed E-state index contributed by atoms with van der Waals surface area (Å²) in [7, 11) is 4.39. The fourth-order valence-electron chi connectivity index (χ4n) is 3.03. The largest absolute Gasteiger partial charge is 0.314 e. The molecule has 0 aromatic heterocycles. The van der Waals surface area contributed by atoms with Gasteiger partial charge >= 0.3 is 0 Å². The Labute approximate surface area is 113 Å². The van der Waals surface area contributed by atoms with Crippen LogP contribution in [-0.4, -0.2) is 62.2 Å². The second-order valence-electron chi connectivity index (χ2n) is 6.38. The molecule has 1 saturated heterocycles. The van der Waals surface area contributed by atoms with E-state index in [-0.39, 0.29) is 0 Å². The molecule has 0 bridgehead atoms. The highest BCUT2D eigenvalue weighted by Crippen LogP contribution is 2.19. The second-order valence-corrected chi connectivity index (χ2v) is 6.38. The van der Waals surface area contributed by atoms with E-state index < -0.39 is 0 Å². The van der Waals surface area contributed by atoms with Crippen molar-refractivity contribution in [2.75, 3.05) is 40.3 Å². The molecular formula is C15H31N3. The standard InChI is InChI=1S/C15H31N3/c1-17(2)13-15-7-6-12-18(15)11-5-3-4-10-16-14-8-9-14/h14-16H,3-13H2,1-2H3. The van der Waals surface area contributed by atoms with Gasteiger partial charge in [-0.25, -0.2) is 0 Å². The molecule has 2 rings (SSSR count). The molecule has 0 aromatic rings. The van der Waals surface area contributed by atoms with Crippen LogP contribution in [0.15, 0.2) is 0 Å². The number of rotatable bonds is 9. The molecule has 2 aliphatic rings. The quantitative estimate of drug-likeness (QED) is 0.634. The highest BCUT2D eigenvalue weighted by molar-refractivity contribution is 4.81. The number of likely N-dealkylation sites (N-methyl/N-ethyl adjacent to an activating group) is 1. The predicted molar refractivity (Wildman–Crippen MR) is 78.0 cm³/mol. The molecule has 0 spiro atoms. The van der Waals surface area contributed by atoms with E-state index in [0.29, 0.717) is 0 Å². The number of nitrogens with one attached hydrogen (secondary N) is 1. The van der Waals surface area contributed by atoms with Crippen LogP contribution in [-0.2, 0) is 0 Å². The number of nitrogens with zero attached hydrogens (tertiary/aromatic N) is 2. The maximum atomic E-state index is 3.60. The first-order chi connectivity index (χ1) is 8.75. The molecule has 1 unspecified atom stereocenters. The Hall–Kier alpha value is -0.120. The second kappa shape index (κ2) is 7.46. The van der Waals surface area contributed by atoms with Crippen molar-refractivity contribution >= 4 is 0 Å². The summed E-state index contributed by atoms with van der Waals surface area (Å²) in [6.07, 6.45) is 9.78. The molecule has 1 heterocycles. The minimum absolute atomic E-state index is 0.824. The monoisotopic (exact) mass is 253 g/mol. The fourth-order valence-corrected chi connectivity index (χ4v) is 3.03. The van der Waals surface area contributed by atoms with E-state index in [2.05, 4.69) is 29.2 Å². The molecule has 0 amide bonds. The topological polar surface area (TPSA) is 18.5 Å². The Morgan fingerprint density at radius 1 is 1.11 bits per heavy atom. The average Bonchev–Trinajstić information content (AvgIpc) is 3.05. The molecule has 3 nitrogen and oxygen atoms in total. The van der Waals surface area contributed by atoms with E-state index in [1.807, 2.05) is 0 Å². The van der Waals surface area contributed by atoms with Gasteiger partial charge in [-0.05, 0) is 72.3 Å². The Balaban J connectivity index is 1.49. The Bertz CT molecular complexity index is 226. The zero-order chi connectivity index (χ0) is 12.8. The summed E-state index contributed by atoms with van der Waals surface area (Å²) in [6, 6.07) is 1.71.